The van der Waals surface area contributed by atoms with Crippen LogP contribution in [0.1, 0.15) is 6.42 Å². The fraction of sp³-hybridized carbons (Fsp3) is 0.500. The third-order valence-corrected chi connectivity index (χ3v) is 2.83. The summed E-state index contributed by atoms with van der Waals surface area (Å²) in [6.45, 7) is 0.114. The number of nitrogens with zero attached hydrogens (tertiary/aromatic N) is 3. The minimum Gasteiger partial charge on any atom is -0.480 e. The monoisotopic (exact) mass is 239 g/mol. The molecule has 0 bridgehead atoms. The van der Waals surface area contributed by atoms with Crippen LogP contribution in [-0.4, -0.2) is 44.4 Å². The van der Waals surface area contributed by atoms with Gasteiger partial charge in [0.2, 0.25) is 0 Å². The summed E-state index contributed by atoms with van der Waals surface area (Å²) >= 11 is 0. The summed E-state index contributed by atoms with van der Waals surface area (Å²) in [5.41, 5.74) is -0.368. The molecular weight excluding hydrogens is 226 g/mol. The molecule has 1 aliphatic rings. The number of aliphatic hydroxyl groups is 1. The summed E-state index contributed by atoms with van der Waals surface area (Å²) in [6, 6.07) is -0.896. The Hall–Kier alpha value is -1.89. The second-order valence-corrected chi connectivity index (χ2v) is 4.06. The van der Waals surface area contributed by atoms with Gasteiger partial charge in [0.1, 0.15) is 6.04 Å². The predicted molar refractivity (Wildman–Crippen MR) is 58.9 cm³/mol. The lowest BCUT2D eigenvalue weighted by molar-refractivity contribution is -0.138. The molecule has 1 aromatic rings. The standard InChI is InChI=1S/C10H13N3O4/c1-12-3-2-11-8(9(12)15)13-5-6(14)4-7(13)10(16)17/h2-3,6-7,14H,4-5H2,1H3,(H,16,17). The first-order chi connectivity index (χ1) is 8.00. The molecule has 7 nitrogen and oxygen atoms in total. The van der Waals surface area contributed by atoms with Gasteiger partial charge in [-0.25, -0.2) is 9.78 Å². The van der Waals surface area contributed by atoms with Crippen LogP contribution in [0.4, 0.5) is 5.82 Å². The van der Waals surface area contributed by atoms with Crippen molar-refractivity contribution in [2.45, 2.75) is 18.6 Å². The summed E-state index contributed by atoms with van der Waals surface area (Å²) in [5, 5.41) is 18.5. The number of β-amino-alcohol motifs (C(OH)–C–C–N with tert-alkyl or cyclic N) is 1. The van der Waals surface area contributed by atoms with E-state index in [0.717, 1.165) is 0 Å². The molecule has 2 heterocycles. The molecule has 0 aliphatic carbocycles. The zero-order valence-electron chi connectivity index (χ0n) is 9.28. The number of carboxylic acid groups (broad SMARTS) is 1. The third-order valence-electron chi connectivity index (χ3n) is 2.83. The Balaban J connectivity index is 2.42. The van der Waals surface area contributed by atoms with Gasteiger partial charge in [-0.1, -0.05) is 0 Å². The Labute approximate surface area is 96.9 Å². The maximum Gasteiger partial charge on any atom is 0.326 e. The van der Waals surface area contributed by atoms with Gasteiger partial charge in [-0.05, 0) is 0 Å². The number of hydrogen-bond donors (Lipinski definition) is 2. The van der Waals surface area contributed by atoms with Crippen LogP contribution in [0.2, 0.25) is 0 Å². The van der Waals surface area contributed by atoms with E-state index in [9.17, 15) is 14.7 Å². The maximum atomic E-state index is 11.8. The van der Waals surface area contributed by atoms with Crippen LogP contribution in [0.5, 0.6) is 0 Å². The van der Waals surface area contributed by atoms with E-state index in [2.05, 4.69) is 4.98 Å². The van der Waals surface area contributed by atoms with Gasteiger partial charge in [0.15, 0.2) is 5.82 Å². The Morgan fingerprint density at radius 2 is 2.29 bits per heavy atom. The summed E-state index contributed by atoms with van der Waals surface area (Å²) in [7, 11) is 1.57. The van der Waals surface area contributed by atoms with Gasteiger partial charge in [-0.15, -0.1) is 0 Å². The quantitative estimate of drug-likeness (QED) is 0.673. The Bertz CT molecular complexity index is 499. The lowest BCUT2D eigenvalue weighted by atomic mass is 10.2. The smallest absolute Gasteiger partial charge is 0.326 e. The molecule has 0 spiro atoms. The zero-order valence-corrected chi connectivity index (χ0v) is 9.28. The fourth-order valence-corrected chi connectivity index (χ4v) is 1.96. The van der Waals surface area contributed by atoms with Gasteiger partial charge in [-0.2, -0.15) is 0 Å². The first-order valence-electron chi connectivity index (χ1n) is 5.20. The number of rotatable bonds is 2. The fourth-order valence-electron chi connectivity index (χ4n) is 1.96. The van der Waals surface area contributed by atoms with Gasteiger partial charge >= 0.3 is 5.97 Å². The molecule has 1 aromatic heterocycles. The summed E-state index contributed by atoms with van der Waals surface area (Å²) < 4.78 is 1.33. The molecule has 2 atom stereocenters. The maximum absolute atomic E-state index is 11.8. The molecule has 2 N–H and O–H groups in total. The minimum absolute atomic E-state index is 0.0685. The number of aryl methyl sites for hydroxylation is 1. The minimum atomic E-state index is -1.06. The van der Waals surface area contributed by atoms with Crippen LogP contribution in [0.25, 0.3) is 0 Å². The lowest BCUT2D eigenvalue weighted by Gasteiger charge is -2.21. The van der Waals surface area contributed by atoms with E-state index in [4.69, 9.17) is 5.11 Å². The molecule has 1 saturated heterocycles. The van der Waals surface area contributed by atoms with E-state index in [1.165, 1.54) is 21.9 Å². The Morgan fingerprint density at radius 1 is 1.59 bits per heavy atom. The highest BCUT2D eigenvalue weighted by molar-refractivity contribution is 5.78. The molecule has 0 saturated carbocycles. The van der Waals surface area contributed by atoms with Crippen molar-refractivity contribution in [1.29, 1.82) is 0 Å². The number of carbonyl (C=O) groups is 1. The lowest BCUT2D eigenvalue weighted by Crippen LogP contribution is -2.40. The van der Waals surface area contributed by atoms with E-state index in [0.29, 0.717) is 0 Å². The summed E-state index contributed by atoms with van der Waals surface area (Å²) in [5.74, 6) is -0.992. The molecule has 0 aromatic carbocycles. The van der Waals surface area contributed by atoms with E-state index in [1.807, 2.05) is 0 Å². The topological polar surface area (TPSA) is 95.7 Å². The number of aliphatic hydroxyl groups excluding tert-OH is 1. The number of hydrogen-bond acceptors (Lipinski definition) is 5. The molecule has 1 aliphatic heterocycles. The summed E-state index contributed by atoms with van der Waals surface area (Å²) in [6.07, 6.45) is 2.28. The molecule has 0 radical (unpaired) electrons. The highest BCUT2D eigenvalue weighted by atomic mass is 16.4. The van der Waals surface area contributed by atoms with Crippen molar-refractivity contribution < 1.29 is 15.0 Å². The Morgan fingerprint density at radius 3 is 2.94 bits per heavy atom. The van der Waals surface area contributed by atoms with Crippen LogP contribution >= 0.6 is 0 Å². The van der Waals surface area contributed by atoms with E-state index in [1.54, 1.807) is 7.05 Å². The second-order valence-electron chi connectivity index (χ2n) is 4.06. The molecule has 2 rings (SSSR count). The first kappa shape index (κ1) is 11.6. The Kier molecular flexibility index (Phi) is 2.84. The van der Waals surface area contributed by atoms with Crippen molar-refractivity contribution in [2.24, 2.45) is 7.05 Å². The second kappa shape index (κ2) is 4.17. The summed E-state index contributed by atoms with van der Waals surface area (Å²) in [4.78, 5) is 28.1. The molecule has 7 heteroatoms. The van der Waals surface area contributed by atoms with Crippen molar-refractivity contribution >= 4 is 11.8 Å². The van der Waals surface area contributed by atoms with E-state index in [-0.39, 0.29) is 24.3 Å². The van der Waals surface area contributed by atoms with Crippen LogP contribution in [-0.2, 0) is 11.8 Å². The molecule has 2 unspecified atom stereocenters. The average Bonchev–Trinajstić information content (AvgIpc) is 2.64. The third kappa shape index (κ3) is 2.01. The van der Waals surface area contributed by atoms with Crippen molar-refractivity contribution in [3.05, 3.63) is 22.7 Å². The highest BCUT2D eigenvalue weighted by Gasteiger charge is 2.37. The molecule has 92 valence electrons. The number of aromatic nitrogens is 2. The molecule has 17 heavy (non-hydrogen) atoms. The van der Waals surface area contributed by atoms with Crippen LogP contribution in [0, 0.1) is 0 Å². The van der Waals surface area contributed by atoms with Crippen molar-refractivity contribution in [3.63, 3.8) is 0 Å². The normalized spacial score (nSPS) is 24.0. The number of aliphatic carboxylic acids is 1. The van der Waals surface area contributed by atoms with Crippen molar-refractivity contribution in [3.8, 4) is 0 Å². The van der Waals surface area contributed by atoms with Gasteiger partial charge < -0.3 is 19.7 Å². The van der Waals surface area contributed by atoms with Gasteiger partial charge in [0.05, 0.1) is 6.10 Å². The average molecular weight is 239 g/mol. The zero-order chi connectivity index (χ0) is 12.6. The van der Waals surface area contributed by atoms with Gasteiger partial charge in [-0.3, -0.25) is 4.79 Å². The molecule has 0 amide bonds. The van der Waals surface area contributed by atoms with Crippen LogP contribution in [0.3, 0.4) is 0 Å². The van der Waals surface area contributed by atoms with Crippen molar-refractivity contribution in [2.75, 3.05) is 11.4 Å². The molecular formula is C10H13N3O4. The molecule has 1 fully saturated rings. The largest absolute Gasteiger partial charge is 0.480 e. The first-order valence-corrected chi connectivity index (χ1v) is 5.20. The van der Waals surface area contributed by atoms with Crippen LogP contribution in [0.15, 0.2) is 17.2 Å². The van der Waals surface area contributed by atoms with Gasteiger partial charge in [0, 0.05) is 32.4 Å². The van der Waals surface area contributed by atoms with Gasteiger partial charge in [0.25, 0.3) is 5.56 Å². The highest BCUT2D eigenvalue weighted by Crippen LogP contribution is 2.21. The van der Waals surface area contributed by atoms with E-state index < -0.39 is 18.1 Å². The van der Waals surface area contributed by atoms with Crippen LogP contribution < -0.4 is 10.5 Å². The number of anilines is 1. The SMILES string of the molecule is Cn1ccnc(N2CC(O)CC2C(=O)O)c1=O. The predicted octanol–water partition coefficient (Wildman–Crippen LogP) is -1.20. The van der Waals surface area contributed by atoms with Crippen molar-refractivity contribution in [1.82, 2.24) is 9.55 Å². The number of carboxylic acids is 1. The van der Waals surface area contributed by atoms with E-state index >= 15 is 0 Å².